The number of fused-ring (bicyclic) bond motifs is 1. The largest absolute Gasteiger partial charge is 0.412 e. The molecule has 2 fully saturated rings. The molecule has 2 rings (SSSR count). The van der Waals surface area contributed by atoms with Gasteiger partial charge in [0.25, 0.3) is 0 Å². The van der Waals surface area contributed by atoms with Gasteiger partial charge in [-0.3, -0.25) is 0 Å². The molecule has 2 aliphatic rings. The number of hydrogen-bond acceptors (Lipinski definition) is 0. The van der Waals surface area contributed by atoms with Gasteiger partial charge in [0, 0.05) is 0 Å². The van der Waals surface area contributed by atoms with Crippen LogP contribution in [0.15, 0.2) is 0 Å². The van der Waals surface area contributed by atoms with Crippen molar-refractivity contribution in [1.82, 2.24) is 0 Å². The lowest BCUT2D eigenvalue weighted by Crippen LogP contribution is -2.52. The standard InChI is InChI=1S/C12H22.H2O/c1-3-4-5-8-12(2)9-10-6-7-11(10)12;/h10-11H,3-9H2,1-2H3;1H2. The molecule has 0 bridgehead atoms. The van der Waals surface area contributed by atoms with E-state index in [1.807, 2.05) is 0 Å². The Labute approximate surface area is 82.2 Å². The smallest absolute Gasteiger partial charge is 0.0292 e. The monoisotopic (exact) mass is 184 g/mol. The van der Waals surface area contributed by atoms with Gasteiger partial charge in [-0.25, -0.2) is 0 Å². The summed E-state index contributed by atoms with van der Waals surface area (Å²) in [5.41, 5.74) is 0.790. The molecule has 3 unspecified atom stereocenters. The van der Waals surface area contributed by atoms with Crippen LogP contribution in [0.2, 0.25) is 0 Å². The van der Waals surface area contributed by atoms with Gasteiger partial charge in [0.05, 0.1) is 0 Å². The SMILES string of the molecule is CCCCCC1(C)CC2CCC21.O. The van der Waals surface area contributed by atoms with Crippen molar-refractivity contribution in [3.63, 3.8) is 0 Å². The topological polar surface area (TPSA) is 31.5 Å². The van der Waals surface area contributed by atoms with Gasteiger partial charge in [-0.05, 0) is 42.9 Å². The van der Waals surface area contributed by atoms with Crippen LogP contribution in [-0.2, 0) is 0 Å². The van der Waals surface area contributed by atoms with Crippen LogP contribution >= 0.6 is 0 Å². The van der Waals surface area contributed by atoms with Crippen LogP contribution in [0.25, 0.3) is 0 Å². The van der Waals surface area contributed by atoms with Crippen LogP contribution in [0.5, 0.6) is 0 Å². The summed E-state index contributed by atoms with van der Waals surface area (Å²) in [5, 5.41) is 0. The van der Waals surface area contributed by atoms with Crippen molar-refractivity contribution in [3.05, 3.63) is 0 Å². The fourth-order valence-corrected chi connectivity index (χ4v) is 3.39. The maximum atomic E-state index is 2.53. The molecule has 0 heterocycles. The van der Waals surface area contributed by atoms with Gasteiger partial charge in [-0.15, -0.1) is 0 Å². The van der Waals surface area contributed by atoms with E-state index in [0.717, 1.165) is 17.3 Å². The van der Waals surface area contributed by atoms with Gasteiger partial charge in [0.2, 0.25) is 0 Å². The first-order chi connectivity index (χ1) is 5.76. The van der Waals surface area contributed by atoms with E-state index in [0.29, 0.717) is 0 Å². The number of unbranched alkanes of at least 4 members (excludes halogenated alkanes) is 2. The molecular formula is C12H24O. The van der Waals surface area contributed by atoms with Crippen LogP contribution in [0.1, 0.15) is 58.8 Å². The molecule has 0 spiro atoms. The van der Waals surface area contributed by atoms with E-state index >= 15 is 0 Å². The molecule has 2 saturated carbocycles. The first-order valence-electron chi connectivity index (χ1n) is 5.76. The van der Waals surface area contributed by atoms with Crippen LogP contribution < -0.4 is 0 Å². The quantitative estimate of drug-likeness (QED) is 0.601. The predicted octanol–water partition coefficient (Wildman–Crippen LogP) is 3.18. The lowest BCUT2D eigenvalue weighted by Gasteiger charge is -2.61. The lowest BCUT2D eigenvalue weighted by atomic mass is 9.44. The van der Waals surface area contributed by atoms with Crippen molar-refractivity contribution in [2.24, 2.45) is 17.3 Å². The molecule has 0 amide bonds. The highest BCUT2D eigenvalue weighted by Crippen LogP contribution is 2.63. The number of hydrogen-bond donors (Lipinski definition) is 0. The molecular weight excluding hydrogens is 160 g/mol. The summed E-state index contributed by atoms with van der Waals surface area (Å²) in [4.78, 5) is 0. The normalized spacial score (nSPS) is 41.1. The fourth-order valence-electron chi connectivity index (χ4n) is 3.39. The maximum Gasteiger partial charge on any atom is -0.0292 e. The van der Waals surface area contributed by atoms with Gasteiger partial charge in [0.1, 0.15) is 0 Å². The van der Waals surface area contributed by atoms with Gasteiger partial charge in [-0.1, -0.05) is 33.1 Å². The molecule has 1 nitrogen and oxygen atoms in total. The van der Waals surface area contributed by atoms with E-state index in [1.54, 1.807) is 19.3 Å². The molecule has 1 heteroatoms. The average molecular weight is 184 g/mol. The third-order valence-electron chi connectivity index (χ3n) is 4.39. The minimum absolute atomic E-state index is 0. The van der Waals surface area contributed by atoms with E-state index in [1.165, 1.54) is 25.7 Å². The van der Waals surface area contributed by atoms with Gasteiger partial charge in [0.15, 0.2) is 0 Å². The highest BCUT2D eigenvalue weighted by atomic mass is 16.0. The van der Waals surface area contributed by atoms with Crippen LogP contribution in [-0.4, -0.2) is 5.48 Å². The minimum atomic E-state index is 0. The Kier molecular flexibility index (Phi) is 3.39. The highest BCUT2D eigenvalue weighted by molar-refractivity contribution is 5.04. The van der Waals surface area contributed by atoms with Crippen molar-refractivity contribution < 1.29 is 5.48 Å². The van der Waals surface area contributed by atoms with E-state index < -0.39 is 0 Å². The van der Waals surface area contributed by atoms with Crippen LogP contribution in [0.3, 0.4) is 0 Å². The molecule has 2 aliphatic carbocycles. The second kappa shape index (κ2) is 4.00. The third kappa shape index (κ3) is 1.76. The van der Waals surface area contributed by atoms with E-state index in [9.17, 15) is 0 Å². The molecule has 78 valence electrons. The zero-order chi connectivity index (χ0) is 8.60. The summed E-state index contributed by atoms with van der Waals surface area (Å²) in [5.74, 6) is 2.31. The highest BCUT2D eigenvalue weighted by Gasteiger charge is 2.54. The third-order valence-corrected chi connectivity index (χ3v) is 4.39. The first-order valence-corrected chi connectivity index (χ1v) is 5.76. The second-order valence-corrected chi connectivity index (χ2v) is 5.26. The average Bonchev–Trinajstić information content (AvgIpc) is 2.00. The minimum Gasteiger partial charge on any atom is -0.412 e. The molecule has 0 radical (unpaired) electrons. The zero-order valence-electron chi connectivity index (χ0n) is 9.10. The number of rotatable bonds is 4. The van der Waals surface area contributed by atoms with Gasteiger partial charge >= 0.3 is 0 Å². The Morgan fingerprint density at radius 3 is 2.38 bits per heavy atom. The Morgan fingerprint density at radius 2 is 2.00 bits per heavy atom. The summed E-state index contributed by atoms with van der Waals surface area (Å²) >= 11 is 0. The Morgan fingerprint density at radius 1 is 1.23 bits per heavy atom. The van der Waals surface area contributed by atoms with Crippen molar-refractivity contribution in [2.75, 3.05) is 0 Å². The summed E-state index contributed by atoms with van der Waals surface area (Å²) in [6.07, 6.45) is 10.5. The summed E-state index contributed by atoms with van der Waals surface area (Å²) in [7, 11) is 0. The van der Waals surface area contributed by atoms with E-state index in [4.69, 9.17) is 0 Å². The molecule has 0 aromatic rings. The van der Waals surface area contributed by atoms with Crippen molar-refractivity contribution in [1.29, 1.82) is 0 Å². The molecule has 2 N–H and O–H groups in total. The Hall–Kier alpha value is -0.0400. The van der Waals surface area contributed by atoms with Gasteiger partial charge < -0.3 is 5.48 Å². The van der Waals surface area contributed by atoms with Crippen molar-refractivity contribution >= 4 is 0 Å². The maximum absolute atomic E-state index is 2.53. The van der Waals surface area contributed by atoms with Crippen LogP contribution in [0, 0.1) is 17.3 Å². The lowest BCUT2D eigenvalue weighted by molar-refractivity contribution is -0.110. The van der Waals surface area contributed by atoms with E-state index in [-0.39, 0.29) is 5.48 Å². The van der Waals surface area contributed by atoms with Crippen LogP contribution in [0.4, 0.5) is 0 Å². The zero-order valence-corrected chi connectivity index (χ0v) is 9.10. The predicted molar refractivity (Wildman–Crippen MR) is 56.7 cm³/mol. The van der Waals surface area contributed by atoms with Gasteiger partial charge in [-0.2, -0.15) is 0 Å². The summed E-state index contributed by atoms with van der Waals surface area (Å²) in [6.45, 7) is 4.83. The van der Waals surface area contributed by atoms with Crippen molar-refractivity contribution in [3.8, 4) is 0 Å². The molecule has 0 saturated heterocycles. The van der Waals surface area contributed by atoms with Crippen molar-refractivity contribution in [2.45, 2.75) is 58.8 Å². The molecule has 0 aromatic carbocycles. The van der Waals surface area contributed by atoms with E-state index in [2.05, 4.69) is 13.8 Å². The summed E-state index contributed by atoms with van der Waals surface area (Å²) in [6, 6.07) is 0. The molecule has 0 aliphatic heterocycles. The molecule has 13 heavy (non-hydrogen) atoms. The Balaban J connectivity index is 0.000000845. The second-order valence-electron chi connectivity index (χ2n) is 5.26. The summed E-state index contributed by atoms with van der Waals surface area (Å²) < 4.78 is 0. The fraction of sp³-hybridized carbons (Fsp3) is 1.00. The Bertz CT molecular complexity index is 167. The first kappa shape index (κ1) is 11.0. The molecule has 3 atom stereocenters. The molecule has 0 aromatic heterocycles.